The second-order valence-electron chi connectivity index (χ2n) is 14.0. The van der Waals surface area contributed by atoms with E-state index in [0.29, 0.717) is 11.3 Å². The van der Waals surface area contributed by atoms with Crippen LogP contribution in [0.2, 0.25) is 0 Å². The summed E-state index contributed by atoms with van der Waals surface area (Å²) in [5.74, 6) is 0. The summed E-state index contributed by atoms with van der Waals surface area (Å²) < 4.78 is 6.91. The summed E-state index contributed by atoms with van der Waals surface area (Å²) >= 11 is 0. The molecule has 0 fully saturated rings. The number of aromatic nitrogens is 3. The zero-order chi connectivity index (χ0) is 36.6. The van der Waals surface area contributed by atoms with Gasteiger partial charge in [0.05, 0.1) is 62.7 Å². The first-order chi connectivity index (χ1) is 27.2. The van der Waals surface area contributed by atoms with Crippen molar-refractivity contribution in [2.24, 2.45) is 0 Å². The maximum absolute atomic E-state index is 9.70. The summed E-state index contributed by atoms with van der Waals surface area (Å²) in [7, 11) is 0. The highest BCUT2D eigenvalue weighted by atomic mass is 15.1. The van der Waals surface area contributed by atoms with Gasteiger partial charge in [-0.3, -0.25) is 0 Å². The lowest BCUT2D eigenvalue weighted by Crippen LogP contribution is -2.00. The Labute approximate surface area is 316 Å². The fraction of sp³-hybridized carbons (Fsp3) is 0. The summed E-state index contributed by atoms with van der Waals surface area (Å²) in [6.45, 7) is 8.26. The summed E-state index contributed by atoms with van der Waals surface area (Å²) in [4.78, 5) is 4.03. The molecule has 8 aromatic carbocycles. The number of hydrogen-bond acceptors (Lipinski definition) is 1. The largest absolute Gasteiger partial charge is 0.319 e. The smallest absolute Gasteiger partial charge is 0.211 e. The maximum atomic E-state index is 9.70. The van der Waals surface area contributed by atoms with Crippen molar-refractivity contribution < 1.29 is 0 Å². The molecule has 0 atom stereocenters. The number of rotatable bonds is 4. The van der Waals surface area contributed by atoms with Crippen LogP contribution in [0.1, 0.15) is 5.56 Å². The molecule has 11 rings (SSSR count). The van der Waals surface area contributed by atoms with Crippen LogP contribution < -0.4 is 0 Å². The molecule has 0 amide bonds. The molecule has 3 heterocycles. The molecule has 5 nitrogen and oxygen atoms in total. The SMILES string of the molecule is [C-]#[N+]c1cc(-c2ccc(-n3c4ccccc4c4cccc(-n5c6ccccc6c6ccccc65)c43)cc2)ccc1-n1c2ccccc2c2ccc(C#N)cc21. The Kier molecular flexibility index (Phi) is 6.61. The number of nitrogens with zero attached hydrogens (tertiary/aromatic N) is 5. The zero-order valence-electron chi connectivity index (χ0n) is 29.5. The van der Waals surface area contributed by atoms with Crippen molar-refractivity contribution >= 4 is 71.1 Å². The number of benzene rings is 8. The molecule has 0 unspecified atom stereocenters. The summed E-state index contributed by atoms with van der Waals surface area (Å²) in [6.07, 6.45) is 0. The van der Waals surface area contributed by atoms with Gasteiger partial charge in [0.25, 0.3) is 0 Å². The van der Waals surface area contributed by atoms with E-state index in [1.807, 2.05) is 42.5 Å². The Morgan fingerprint density at radius 2 is 0.927 bits per heavy atom. The summed E-state index contributed by atoms with van der Waals surface area (Å²) in [6, 6.07) is 63.6. The van der Waals surface area contributed by atoms with Crippen LogP contribution in [0, 0.1) is 17.9 Å². The molecule has 254 valence electrons. The Hall–Kier alpha value is -7.86. The van der Waals surface area contributed by atoms with E-state index < -0.39 is 0 Å². The second kappa shape index (κ2) is 11.8. The number of para-hydroxylation sites is 5. The van der Waals surface area contributed by atoms with Crippen LogP contribution in [-0.2, 0) is 0 Å². The van der Waals surface area contributed by atoms with Crippen LogP contribution in [0.4, 0.5) is 5.69 Å². The van der Waals surface area contributed by atoms with Gasteiger partial charge in [-0.2, -0.15) is 5.26 Å². The van der Waals surface area contributed by atoms with Gasteiger partial charge in [-0.25, -0.2) is 4.85 Å². The minimum atomic E-state index is 0.546. The van der Waals surface area contributed by atoms with E-state index in [1.54, 1.807) is 0 Å². The highest BCUT2D eigenvalue weighted by Crippen LogP contribution is 2.41. The van der Waals surface area contributed by atoms with Crippen molar-refractivity contribution in [1.29, 1.82) is 5.26 Å². The summed E-state index contributed by atoms with van der Waals surface area (Å²) in [5, 5.41) is 16.7. The normalized spacial score (nSPS) is 11.6. The van der Waals surface area contributed by atoms with Gasteiger partial charge in [-0.15, -0.1) is 0 Å². The molecule has 0 aliphatic rings. The molecular weight excluding hydrogens is 671 g/mol. The van der Waals surface area contributed by atoms with E-state index in [2.05, 4.69) is 158 Å². The number of hydrogen-bond donors (Lipinski definition) is 0. The summed E-state index contributed by atoms with van der Waals surface area (Å²) in [5.41, 5.74) is 12.6. The van der Waals surface area contributed by atoms with Gasteiger partial charge < -0.3 is 13.7 Å². The monoisotopic (exact) mass is 699 g/mol. The minimum absolute atomic E-state index is 0.546. The fourth-order valence-electron chi connectivity index (χ4n) is 8.72. The van der Waals surface area contributed by atoms with E-state index in [-0.39, 0.29) is 0 Å². The number of fused-ring (bicyclic) bond motifs is 9. The second-order valence-corrected chi connectivity index (χ2v) is 14.0. The van der Waals surface area contributed by atoms with Gasteiger partial charge in [0.2, 0.25) is 5.69 Å². The van der Waals surface area contributed by atoms with Crippen molar-refractivity contribution in [1.82, 2.24) is 13.7 Å². The molecule has 11 aromatic rings. The molecule has 0 saturated heterocycles. The quantitative estimate of drug-likeness (QED) is 0.169. The van der Waals surface area contributed by atoms with Crippen LogP contribution in [0.5, 0.6) is 0 Å². The van der Waals surface area contributed by atoms with Gasteiger partial charge in [-0.1, -0.05) is 109 Å². The van der Waals surface area contributed by atoms with Gasteiger partial charge >= 0.3 is 0 Å². The van der Waals surface area contributed by atoms with Crippen molar-refractivity contribution in [3.8, 4) is 34.3 Å². The topological polar surface area (TPSA) is 42.9 Å². The Morgan fingerprint density at radius 1 is 0.418 bits per heavy atom. The van der Waals surface area contributed by atoms with E-state index in [4.69, 9.17) is 6.57 Å². The van der Waals surface area contributed by atoms with Crippen molar-refractivity contribution in [2.75, 3.05) is 0 Å². The fourth-order valence-corrected chi connectivity index (χ4v) is 8.72. The third-order valence-electron chi connectivity index (χ3n) is 11.1. The predicted octanol–water partition coefficient (Wildman–Crippen LogP) is 13.1. The molecule has 0 aliphatic carbocycles. The molecule has 0 bridgehead atoms. The van der Waals surface area contributed by atoms with Crippen molar-refractivity contribution in [3.05, 3.63) is 193 Å². The third kappa shape index (κ3) is 4.45. The molecular formula is C50H29N5. The average Bonchev–Trinajstić information content (AvgIpc) is 3.89. The Bertz CT molecular complexity index is 3400. The Balaban J connectivity index is 1.07. The van der Waals surface area contributed by atoms with Gasteiger partial charge in [0, 0.05) is 38.0 Å². The molecule has 0 saturated carbocycles. The lowest BCUT2D eigenvalue weighted by Gasteiger charge is -2.15. The van der Waals surface area contributed by atoms with Gasteiger partial charge in [0.15, 0.2) is 0 Å². The lowest BCUT2D eigenvalue weighted by atomic mass is 10.0. The number of nitriles is 1. The van der Waals surface area contributed by atoms with Gasteiger partial charge in [-0.05, 0) is 77.9 Å². The maximum Gasteiger partial charge on any atom is 0.211 e. The first-order valence-corrected chi connectivity index (χ1v) is 18.3. The average molecular weight is 700 g/mol. The van der Waals surface area contributed by atoms with E-state index >= 15 is 0 Å². The highest BCUT2D eigenvalue weighted by molar-refractivity contribution is 6.15. The predicted molar refractivity (Wildman–Crippen MR) is 226 cm³/mol. The zero-order valence-corrected chi connectivity index (χ0v) is 29.5. The molecule has 0 aliphatic heterocycles. The molecule has 0 N–H and O–H groups in total. The third-order valence-corrected chi connectivity index (χ3v) is 11.1. The van der Waals surface area contributed by atoms with Crippen molar-refractivity contribution in [2.45, 2.75) is 0 Å². The van der Waals surface area contributed by atoms with Crippen molar-refractivity contribution in [3.63, 3.8) is 0 Å². The van der Waals surface area contributed by atoms with Crippen LogP contribution in [-0.4, -0.2) is 13.7 Å². The minimum Gasteiger partial charge on any atom is -0.319 e. The molecule has 55 heavy (non-hydrogen) atoms. The van der Waals surface area contributed by atoms with E-state index in [9.17, 15) is 5.26 Å². The highest BCUT2D eigenvalue weighted by Gasteiger charge is 2.20. The molecule has 3 aromatic heterocycles. The van der Waals surface area contributed by atoms with Gasteiger partial charge in [0.1, 0.15) is 0 Å². The molecule has 0 spiro atoms. The standard InChI is InChI=1S/C50H29N5/c1-52-42-30-34(24-28-47(42)55-46-19-9-4-13-38(46)40-27-21-32(31-51)29-49(40)55)33-22-25-35(26-23-33)53-43-16-6-5-14-39(43)41-15-10-20-48(50(41)53)54-44-17-7-2-11-36(44)37-12-3-8-18-45(37)54/h2-30H. The molecule has 0 radical (unpaired) electrons. The van der Waals surface area contributed by atoms with Crippen LogP contribution in [0.3, 0.4) is 0 Å². The van der Waals surface area contributed by atoms with E-state index in [1.165, 1.54) is 32.6 Å². The first-order valence-electron chi connectivity index (χ1n) is 18.3. The van der Waals surface area contributed by atoms with Crippen LogP contribution >= 0.6 is 0 Å². The van der Waals surface area contributed by atoms with Crippen LogP contribution in [0.15, 0.2) is 176 Å². The lowest BCUT2D eigenvalue weighted by molar-refractivity contribution is 1.13. The molecule has 5 heteroatoms. The first kappa shape index (κ1) is 30.7. The Morgan fingerprint density at radius 3 is 1.53 bits per heavy atom. The van der Waals surface area contributed by atoms with E-state index in [0.717, 1.165) is 61.0 Å². The van der Waals surface area contributed by atoms with Crippen LogP contribution in [0.25, 0.3) is 98.5 Å².